The van der Waals surface area contributed by atoms with E-state index in [1.54, 1.807) is 0 Å². The molecule has 0 bridgehead atoms. The molecule has 2 aliphatic heterocycles. The van der Waals surface area contributed by atoms with Gasteiger partial charge in [0.2, 0.25) is 0 Å². The van der Waals surface area contributed by atoms with Crippen LogP contribution in [-0.4, -0.2) is 19.9 Å². The monoisotopic (exact) mass is 1020 g/mol. The van der Waals surface area contributed by atoms with Gasteiger partial charge in [-0.15, -0.1) is 0 Å². The maximum atomic E-state index is 5.55. The van der Waals surface area contributed by atoms with Gasteiger partial charge in [0.25, 0.3) is 0 Å². The zero-order valence-corrected chi connectivity index (χ0v) is 43.7. The number of para-hydroxylation sites is 2. The van der Waals surface area contributed by atoms with Gasteiger partial charge in [-0.3, -0.25) is 4.67 Å². The molecule has 370 valence electrons. The van der Waals surface area contributed by atoms with Crippen molar-refractivity contribution >= 4 is 41.7 Å². The fourth-order valence-electron chi connectivity index (χ4n) is 11.7. The first-order valence-electron chi connectivity index (χ1n) is 26.6. The minimum atomic E-state index is -1.32. The van der Waals surface area contributed by atoms with E-state index in [0.717, 1.165) is 56.7 Å². The van der Waals surface area contributed by atoms with Crippen LogP contribution in [0, 0.1) is 0 Å². The first-order valence-corrected chi connectivity index (χ1v) is 27.9. The Hall–Kier alpha value is -9.61. The molecule has 2 aromatic heterocycles. The summed E-state index contributed by atoms with van der Waals surface area (Å²) in [5.41, 5.74) is 17.6. The highest BCUT2D eigenvalue weighted by Crippen LogP contribution is 2.58. The van der Waals surface area contributed by atoms with Crippen molar-refractivity contribution in [1.82, 2.24) is 19.9 Å². The Labute approximate surface area is 456 Å². The summed E-state index contributed by atoms with van der Waals surface area (Å²) in [5.74, 6) is 2.98. The van der Waals surface area contributed by atoms with Crippen LogP contribution in [0.5, 0.6) is 0 Å². The van der Waals surface area contributed by atoms with Crippen molar-refractivity contribution in [2.75, 3.05) is 9.57 Å². The molecular weight excluding hydrogens is 968 g/mol. The van der Waals surface area contributed by atoms with Gasteiger partial charge >= 0.3 is 0 Å². The zero-order chi connectivity index (χ0) is 51.9. The summed E-state index contributed by atoms with van der Waals surface area (Å²) < 4.78 is 2.53. The van der Waals surface area contributed by atoms with E-state index in [9.17, 15) is 0 Å². The highest BCUT2D eigenvalue weighted by atomic mass is 31.1. The van der Waals surface area contributed by atoms with E-state index < -0.39 is 8.07 Å². The molecule has 0 aliphatic carbocycles. The molecule has 12 aromatic rings. The second kappa shape index (κ2) is 20.2. The zero-order valence-electron chi connectivity index (χ0n) is 42.8. The Morgan fingerprint density at radius 3 is 1.32 bits per heavy atom. The van der Waals surface area contributed by atoms with Crippen LogP contribution >= 0.6 is 8.07 Å². The fraction of sp³-hybridized carbons (Fsp3) is 0.0423. The third-order valence-electron chi connectivity index (χ3n) is 15.2. The van der Waals surface area contributed by atoms with Gasteiger partial charge in [0.1, 0.15) is 11.6 Å². The van der Waals surface area contributed by atoms with Crippen LogP contribution in [0.3, 0.4) is 0 Å². The molecule has 14 rings (SSSR count). The van der Waals surface area contributed by atoms with Gasteiger partial charge < -0.3 is 4.90 Å². The Kier molecular flexibility index (Phi) is 12.1. The van der Waals surface area contributed by atoms with Gasteiger partial charge in [0.15, 0.2) is 11.6 Å². The van der Waals surface area contributed by atoms with Crippen molar-refractivity contribution in [2.24, 2.45) is 0 Å². The van der Waals surface area contributed by atoms with E-state index in [4.69, 9.17) is 19.9 Å². The number of hydrogen-bond acceptors (Lipinski definition) is 6. The molecule has 0 N–H and O–H groups in total. The second-order valence-electron chi connectivity index (χ2n) is 19.8. The van der Waals surface area contributed by atoms with Crippen molar-refractivity contribution in [1.29, 1.82) is 0 Å². The van der Waals surface area contributed by atoms with Crippen LogP contribution in [0.25, 0.3) is 78.7 Å². The Morgan fingerprint density at radius 2 is 0.744 bits per heavy atom. The molecule has 0 fully saturated rings. The van der Waals surface area contributed by atoms with E-state index in [2.05, 4.69) is 283 Å². The first kappa shape index (κ1) is 46.9. The molecule has 78 heavy (non-hydrogen) atoms. The summed E-state index contributed by atoms with van der Waals surface area (Å²) in [6.45, 7) is 2.40. The maximum absolute atomic E-state index is 5.55. The van der Waals surface area contributed by atoms with Gasteiger partial charge in [-0.25, -0.2) is 19.9 Å². The molecule has 4 heterocycles. The minimum absolute atomic E-state index is 0.0638. The Bertz CT molecular complexity index is 4040. The topological polar surface area (TPSA) is 58.0 Å². The highest BCUT2D eigenvalue weighted by Gasteiger charge is 2.40. The molecule has 2 aliphatic rings. The number of aromatic nitrogens is 4. The number of benzene rings is 10. The second-order valence-corrected chi connectivity index (χ2v) is 21.8. The summed E-state index contributed by atoms with van der Waals surface area (Å²) in [7, 11) is -1.32. The minimum Gasteiger partial charge on any atom is -0.317 e. The number of rotatable bonds is 10. The summed E-state index contributed by atoms with van der Waals surface area (Å²) in [4.78, 5) is 24.1. The van der Waals surface area contributed by atoms with E-state index in [-0.39, 0.29) is 12.0 Å². The molecule has 0 saturated heterocycles. The number of anilines is 4. The summed E-state index contributed by atoms with van der Waals surface area (Å²) in [6, 6.07) is 99.6. The number of fused-ring (bicyclic) bond motifs is 6. The molecule has 10 aromatic carbocycles. The number of nitrogens with zero attached hydrogens (tertiary/aromatic N) is 6. The average molecular weight is 1020 g/mol. The molecule has 0 amide bonds. The van der Waals surface area contributed by atoms with E-state index >= 15 is 0 Å². The maximum Gasteiger partial charge on any atom is 0.162 e. The predicted octanol–water partition coefficient (Wildman–Crippen LogP) is 17.4. The Morgan fingerprint density at radius 1 is 0.346 bits per heavy atom. The predicted molar refractivity (Wildman–Crippen MR) is 323 cm³/mol. The SMILES string of the molecule is C[C@H](c1ccccc1-c1ccccc1P1c2ccccc2-c2ccccc2N1c1cc(-c2ccccc2)nc(-c2ccccc2)n1)C1c2ccccc2-c2ccccc2N1c1cc(-c2ccccc2)nc(-c2ccccc2)n1. The molecule has 0 radical (unpaired) electrons. The van der Waals surface area contributed by atoms with Crippen LogP contribution in [0.15, 0.2) is 279 Å². The normalized spacial score (nSPS) is 14.6. The molecule has 2 unspecified atom stereocenters. The smallest absolute Gasteiger partial charge is 0.162 e. The Balaban J connectivity index is 0.969. The standard InChI is InChI=1S/C71H51N6P/c1-48(69-60-41-17-16-36-55(60)56-37-18-22-42-63(56)76(69)67-46-61(49-26-6-2-7-27-49)72-70(74-67)51-30-10-4-11-31-51)53-34-14-15-35-54(53)58-39-20-24-44-65(58)78-66-45-25-21-40-59(66)57-38-19-23-43-64(57)77(78)68-47-62(50-28-8-3-9-29-50)73-71(75-68)52-32-12-5-13-33-52/h2-48,69H,1H3/t48-,69?,78?/m1/s1. The van der Waals surface area contributed by atoms with E-state index in [1.165, 1.54) is 55.1 Å². The van der Waals surface area contributed by atoms with Crippen LogP contribution in [-0.2, 0) is 0 Å². The molecule has 0 saturated carbocycles. The van der Waals surface area contributed by atoms with Crippen LogP contribution in [0.1, 0.15) is 30.0 Å². The summed E-state index contributed by atoms with van der Waals surface area (Å²) >= 11 is 0. The van der Waals surface area contributed by atoms with Gasteiger partial charge in [-0.2, -0.15) is 0 Å². The van der Waals surface area contributed by atoms with Crippen molar-refractivity contribution in [2.45, 2.75) is 18.9 Å². The summed E-state index contributed by atoms with van der Waals surface area (Å²) in [6.07, 6.45) is 0. The molecule has 7 heteroatoms. The molecular formula is C71H51N6P. The van der Waals surface area contributed by atoms with Gasteiger partial charge in [-0.1, -0.05) is 262 Å². The van der Waals surface area contributed by atoms with E-state index in [1.807, 2.05) is 12.1 Å². The third-order valence-corrected chi connectivity index (χ3v) is 17.7. The molecule has 3 atom stereocenters. The van der Waals surface area contributed by atoms with Crippen LogP contribution in [0.2, 0.25) is 0 Å². The van der Waals surface area contributed by atoms with E-state index in [0.29, 0.717) is 11.6 Å². The van der Waals surface area contributed by atoms with Crippen molar-refractivity contribution in [3.05, 3.63) is 290 Å². The molecule has 6 nitrogen and oxygen atoms in total. The fourth-order valence-corrected chi connectivity index (χ4v) is 14.3. The van der Waals surface area contributed by atoms with Crippen LogP contribution < -0.4 is 20.2 Å². The lowest BCUT2D eigenvalue weighted by Crippen LogP contribution is -2.33. The lowest BCUT2D eigenvalue weighted by atomic mass is 9.78. The first-order chi connectivity index (χ1) is 38.6. The van der Waals surface area contributed by atoms with Crippen molar-refractivity contribution in [3.63, 3.8) is 0 Å². The highest BCUT2D eigenvalue weighted by molar-refractivity contribution is 7.75. The number of hydrogen-bond donors (Lipinski definition) is 0. The van der Waals surface area contributed by atoms with Crippen LogP contribution in [0.4, 0.5) is 23.0 Å². The third kappa shape index (κ3) is 8.35. The quantitative estimate of drug-likeness (QED) is 0.127. The lowest BCUT2D eigenvalue weighted by molar-refractivity contribution is 0.576. The lowest BCUT2D eigenvalue weighted by Gasteiger charge is -2.43. The van der Waals surface area contributed by atoms with Gasteiger partial charge in [0.05, 0.1) is 36.9 Å². The largest absolute Gasteiger partial charge is 0.317 e. The van der Waals surface area contributed by atoms with Gasteiger partial charge in [-0.05, 0) is 45.5 Å². The van der Waals surface area contributed by atoms with Crippen molar-refractivity contribution < 1.29 is 0 Å². The van der Waals surface area contributed by atoms with Gasteiger partial charge in [0, 0.05) is 62.0 Å². The van der Waals surface area contributed by atoms with Crippen molar-refractivity contribution in [3.8, 4) is 78.7 Å². The molecule has 0 spiro atoms. The average Bonchev–Trinajstić information content (AvgIpc) is 3.69. The summed E-state index contributed by atoms with van der Waals surface area (Å²) in [5, 5.41) is 2.50.